The first kappa shape index (κ1) is 12.6. The van der Waals surface area contributed by atoms with Gasteiger partial charge in [-0.15, -0.1) is 0 Å². The molecular weight excluding hydrogens is 246 g/mol. The van der Waals surface area contributed by atoms with Crippen molar-refractivity contribution >= 4 is 34.0 Å². The van der Waals surface area contributed by atoms with Crippen LogP contribution in [-0.2, 0) is 4.79 Å². The van der Waals surface area contributed by atoms with E-state index in [-0.39, 0.29) is 11.9 Å². The second-order valence-electron chi connectivity index (χ2n) is 4.15. The van der Waals surface area contributed by atoms with Gasteiger partial charge >= 0.3 is 0 Å². The summed E-state index contributed by atoms with van der Waals surface area (Å²) in [4.78, 5) is 12.0. The second-order valence-corrected chi connectivity index (χ2v) is 4.59. The van der Waals surface area contributed by atoms with Crippen molar-refractivity contribution in [3.8, 4) is 0 Å². The SMILES string of the molecule is CNC(=O)C(C)n1ccc2ccc(C(N)=S)cc21. The number of amides is 1. The standard InChI is InChI=1S/C13H15N3OS/c1-8(13(17)15-2)16-6-5-9-3-4-10(12(14)18)7-11(9)16/h3-8H,1-2H3,(H2,14,18)(H,15,17). The molecule has 1 aromatic carbocycles. The van der Waals surface area contributed by atoms with Gasteiger partial charge in [-0.1, -0.05) is 24.4 Å². The first-order valence-electron chi connectivity index (χ1n) is 5.66. The van der Waals surface area contributed by atoms with Crippen LogP contribution in [0.3, 0.4) is 0 Å². The molecule has 2 rings (SSSR count). The van der Waals surface area contributed by atoms with Crippen LogP contribution in [0.15, 0.2) is 30.5 Å². The van der Waals surface area contributed by atoms with Gasteiger partial charge in [0.25, 0.3) is 0 Å². The van der Waals surface area contributed by atoms with Gasteiger partial charge in [0.1, 0.15) is 11.0 Å². The Balaban J connectivity index is 2.55. The number of benzene rings is 1. The Labute approximate surface area is 111 Å². The van der Waals surface area contributed by atoms with E-state index in [1.807, 2.05) is 42.0 Å². The van der Waals surface area contributed by atoms with E-state index >= 15 is 0 Å². The Morgan fingerprint density at radius 1 is 1.44 bits per heavy atom. The average molecular weight is 261 g/mol. The third-order valence-electron chi connectivity index (χ3n) is 3.05. The summed E-state index contributed by atoms with van der Waals surface area (Å²) in [7, 11) is 1.63. The summed E-state index contributed by atoms with van der Waals surface area (Å²) in [5, 5.41) is 3.71. The predicted molar refractivity (Wildman–Crippen MR) is 76.6 cm³/mol. The van der Waals surface area contributed by atoms with Gasteiger partial charge in [-0.25, -0.2) is 0 Å². The van der Waals surface area contributed by atoms with E-state index in [1.54, 1.807) is 7.05 Å². The fourth-order valence-corrected chi connectivity index (χ4v) is 2.10. The lowest BCUT2D eigenvalue weighted by Gasteiger charge is -2.14. The van der Waals surface area contributed by atoms with Gasteiger partial charge < -0.3 is 15.6 Å². The zero-order valence-electron chi connectivity index (χ0n) is 10.3. The first-order valence-corrected chi connectivity index (χ1v) is 6.07. The van der Waals surface area contributed by atoms with Crippen molar-refractivity contribution in [2.45, 2.75) is 13.0 Å². The highest BCUT2D eigenvalue weighted by molar-refractivity contribution is 7.80. The molecule has 2 aromatic rings. The molecule has 5 heteroatoms. The Kier molecular flexibility index (Phi) is 3.34. The molecule has 3 N–H and O–H groups in total. The molecule has 0 fully saturated rings. The summed E-state index contributed by atoms with van der Waals surface area (Å²) in [6, 6.07) is 7.46. The molecule has 0 saturated heterocycles. The number of nitrogens with two attached hydrogens (primary N) is 1. The molecule has 0 spiro atoms. The molecule has 0 aliphatic carbocycles. The predicted octanol–water partition coefficient (Wildman–Crippen LogP) is 1.58. The number of rotatable bonds is 3. The number of nitrogens with zero attached hydrogens (tertiary/aromatic N) is 1. The van der Waals surface area contributed by atoms with E-state index in [0.29, 0.717) is 4.99 Å². The van der Waals surface area contributed by atoms with Crippen LogP contribution in [0.5, 0.6) is 0 Å². The fourth-order valence-electron chi connectivity index (χ4n) is 1.98. The molecule has 1 atom stereocenters. The number of thiocarbonyl (C=S) groups is 1. The number of nitrogens with one attached hydrogen (secondary N) is 1. The molecule has 94 valence electrons. The maximum atomic E-state index is 11.7. The summed E-state index contributed by atoms with van der Waals surface area (Å²) in [6.07, 6.45) is 1.90. The lowest BCUT2D eigenvalue weighted by atomic mass is 10.1. The smallest absolute Gasteiger partial charge is 0.242 e. The molecule has 4 nitrogen and oxygen atoms in total. The van der Waals surface area contributed by atoms with Gasteiger partial charge in [-0.3, -0.25) is 4.79 Å². The van der Waals surface area contributed by atoms with E-state index in [4.69, 9.17) is 18.0 Å². The third-order valence-corrected chi connectivity index (χ3v) is 3.29. The molecule has 1 heterocycles. The quantitative estimate of drug-likeness (QED) is 0.825. The molecule has 0 saturated carbocycles. The molecule has 0 aliphatic heterocycles. The van der Waals surface area contributed by atoms with E-state index in [1.165, 1.54) is 0 Å². The van der Waals surface area contributed by atoms with Crippen molar-refractivity contribution in [3.05, 3.63) is 36.0 Å². The van der Waals surface area contributed by atoms with Crippen molar-refractivity contribution in [3.63, 3.8) is 0 Å². The topological polar surface area (TPSA) is 60.0 Å². The Hall–Kier alpha value is -1.88. The highest BCUT2D eigenvalue weighted by Gasteiger charge is 2.15. The van der Waals surface area contributed by atoms with Gasteiger partial charge in [0, 0.05) is 24.3 Å². The van der Waals surface area contributed by atoms with Gasteiger partial charge in [0.2, 0.25) is 5.91 Å². The largest absolute Gasteiger partial charge is 0.389 e. The van der Waals surface area contributed by atoms with Crippen LogP contribution >= 0.6 is 12.2 Å². The van der Waals surface area contributed by atoms with Crippen molar-refractivity contribution in [1.29, 1.82) is 0 Å². The number of carbonyl (C=O) groups excluding carboxylic acids is 1. The minimum atomic E-state index is -0.269. The number of aromatic nitrogens is 1. The maximum Gasteiger partial charge on any atom is 0.242 e. The molecule has 0 aliphatic rings. The number of hydrogen-bond acceptors (Lipinski definition) is 2. The highest BCUT2D eigenvalue weighted by Crippen LogP contribution is 2.21. The maximum absolute atomic E-state index is 11.7. The number of carbonyl (C=O) groups is 1. The van der Waals surface area contributed by atoms with Crippen LogP contribution < -0.4 is 11.1 Å². The minimum absolute atomic E-state index is 0.0340. The van der Waals surface area contributed by atoms with Gasteiger partial charge in [0.15, 0.2) is 0 Å². The fraction of sp³-hybridized carbons (Fsp3) is 0.231. The van der Waals surface area contributed by atoms with E-state index in [0.717, 1.165) is 16.5 Å². The average Bonchev–Trinajstić information content (AvgIpc) is 2.79. The molecule has 1 aromatic heterocycles. The highest BCUT2D eigenvalue weighted by atomic mass is 32.1. The van der Waals surface area contributed by atoms with E-state index in [9.17, 15) is 4.79 Å². The van der Waals surface area contributed by atoms with E-state index < -0.39 is 0 Å². The van der Waals surface area contributed by atoms with Gasteiger partial charge in [0.05, 0.1) is 0 Å². The number of likely N-dealkylation sites (N-methyl/N-ethyl adjacent to an activating group) is 1. The third kappa shape index (κ3) is 2.09. The Morgan fingerprint density at radius 2 is 2.17 bits per heavy atom. The Bertz CT molecular complexity index is 618. The summed E-state index contributed by atoms with van der Waals surface area (Å²) in [6.45, 7) is 1.85. The van der Waals surface area contributed by atoms with Crippen LogP contribution in [0, 0.1) is 0 Å². The monoisotopic (exact) mass is 261 g/mol. The summed E-state index contributed by atoms with van der Waals surface area (Å²) in [5.41, 5.74) is 7.39. The molecule has 0 bridgehead atoms. The minimum Gasteiger partial charge on any atom is -0.389 e. The number of hydrogen-bond donors (Lipinski definition) is 2. The Morgan fingerprint density at radius 3 is 2.78 bits per heavy atom. The molecule has 1 amide bonds. The lowest BCUT2D eigenvalue weighted by molar-refractivity contribution is -0.123. The van der Waals surface area contributed by atoms with Crippen LogP contribution in [0.2, 0.25) is 0 Å². The summed E-state index contributed by atoms with van der Waals surface area (Å²) in [5.74, 6) is -0.0340. The van der Waals surface area contributed by atoms with Crippen molar-refractivity contribution < 1.29 is 4.79 Å². The van der Waals surface area contributed by atoms with Crippen molar-refractivity contribution in [1.82, 2.24) is 9.88 Å². The number of fused-ring (bicyclic) bond motifs is 1. The van der Waals surface area contributed by atoms with Crippen LogP contribution in [0.25, 0.3) is 10.9 Å². The normalized spacial score (nSPS) is 12.3. The molecule has 1 unspecified atom stereocenters. The van der Waals surface area contributed by atoms with Gasteiger partial charge in [-0.05, 0) is 24.4 Å². The van der Waals surface area contributed by atoms with Crippen molar-refractivity contribution in [2.24, 2.45) is 5.73 Å². The van der Waals surface area contributed by atoms with Crippen LogP contribution in [0.1, 0.15) is 18.5 Å². The van der Waals surface area contributed by atoms with Crippen LogP contribution in [0.4, 0.5) is 0 Å². The molecular formula is C13H15N3OS. The lowest BCUT2D eigenvalue weighted by Crippen LogP contribution is -2.27. The first-order chi connectivity index (χ1) is 8.54. The summed E-state index contributed by atoms with van der Waals surface area (Å²) >= 11 is 4.97. The van der Waals surface area contributed by atoms with Gasteiger partial charge in [-0.2, -0.15) is 0 Å². The van der Waals surface area contributed by atoms with E-state index in [2.05, 4.69) is 5.32 Å². The van der Waals surface area contributed by atoms with Crippen molar-refractivity contribution in [2.75, 3.05) is 7.05 Å². The summed E-state index contributed by atoms with van der Waals surface area (Å²) < 4.78 is 1.91. The second kappa shape index (κ2) is 4.78. The molecule has 0 radical (unpaired) electrons. The molecule has 18 heavy (non-hydrogen) atoms. The van der Waals surface area contributed by atoms with Crippen LogP contribution in [-0.4, -0.2) is 22.5 Å². The zero-order valence-corrected chi connectivity index (χ0v) is 11.1. The zero-order chi connectivity index (χ0) is 13.3.